The van der Waals surface area contributed by atoms with E-state index < -0.39 is 6.08 Å². The van der Waals surface area contributed by atoms with Gasteiger partial charge in [0.05, 0.1) is 5.69 Å². The second kappa shape index (κ2) is 7.57. The minimum Gasteiger partial charge on any atom is -0.297 e. The first-order valence-corrected chi connectivity index (χ1v) is 9.56. The molecule has 27 heavy (non-hydrogen) atoms. The Balaban J connectivity index is 1.53. The van der Waals surface area contributed by atoms with Gasteiger partial charge < -0.3 is 0 Å². The molecule has 0 amide bonds. The Bertz CT molecular complexity index is 913. The smallest absolute Gasteiger partial charge is 0.297 e. The van der Waals surface area contributed by atoms with Crippen LogP contribution in [-0.2, 0) is 0 Å². The van der Waals surface area contributed by atoms with Gasteiger partial charge in [0, 0.05) is 17.8 Å². The molecule has 3 aromatic rings. The van der Waals surface area contributed by atoms with Gasteiger partial charge in [-0.2, -0.15) is 4.39 Å². The molecule has 0 saturated carbocycles. The number of rotatable bonds is 4. The fourth-order valence-corrected chi connectivity index (χ4v) is 3.86. The van der Waals surface area contributed by atoms with Gasteiger partial charge in [-0.05, 0) is 62.0 Å². The Labute approximate surface area is 159 Å². The highest BCUT2D eigenvalue weighted by Crippen LogP contribution is 2.29. The van der Waals surface area contributed by atoms with Gasteiger partial charge in [0.1, 0.15) is 0 Å². The molecule has 138 valence electrons. The van der Waals surface area contributed by atoms with Crippen LogP contribution in [0.1, 0.15) is 37.1 Å². The number of aryl methyl sites for hydroxylation is 1. The average molecular weight is 361 g/mol. The number of aromatic nitrogens is 2. The monoisotopic (exact) mass is 361 g/mol. The van der Waals surface area contributed by atoms with Crippen LogP contribution in [0, 0.1) is 13.0 Å². The van der Waals surface area contributed by atoms with Crippen LogP contribution in [0.15, 0.2) is 54.7 Å². The highest BCUT2D eigenvalue weighted by atomic mass is 19.1. The Morgan fingerprint density at radius 1 is 0.889 bits per heavy atom. The zero-order chi connectivity index (χ0) is 18.8. The summed E-state index contributed by atoms with van der Waals surface area (Å²) in [6, 6.07) is 17.6. The zero-order valence-electron chi connectivity index (χ0n) is 15.8. The molecule has 0 bridgehead atoms. The van der Waals surface area contributed by atoms with E-state index in [4.69, 9.17) is 0 Å². The van der Waals surface area contributed by atoms with Gasteiger partial charge >= 0.3 is 6.08 Å². The number of hydrogen-bond acceptors (Lipinski definition) is 3. The summed E-state index contributed by atoms with van der Waals surface area (Å²) in [5.74, 6) is 0. The third kappa shape index (κ3) is 3.76. The van der Waals surface area contributed by atoms with E-state index in [-0.39, 0.29) is 0 Å². The minimum absolute atomic E-state index is 0.477. The number of benzene rings is 2. The highest BCUT2D eigenvalue weighted by Gasteiger charge is 2.19. The zero-order valence-corrected chi connectivity index (χ0v) is 15.8. The van der Waals surface area contributed by atoms with Gasteiger partial charge in [-0.1, -0.05) is 48.5 Å². The molecule has 3 nitrogen and oxygen atoms in total. The van der Waals surface area contributed by atoms with E-state index >= 15 is 0 Å². The van der Waals surface area contributed by atoms with Crippen LogP contribution in [0.2, 0.25) is 0 Å². The van der Waals surface area contributed by atoms with Crippen molar-refractivity contribution in [3.05, 3.63) is 72.1 Å². The first-order valence-electron chi connectivity index (χ1n) is 9.56. The number of halogens is 1. The molecule has 1 unspecified atom stereocenters. The van der Waals surface area contributed by atoms with Crippen molar-refractivity contribution in [1.29, 1.82) is 0 Å². The lowest BCUT2D eigenvalue weighted by molar-refractivity contribution is 0.263. The van der Waals surface area contributed by atoms with Gasteiger partial charge in [-0.25, -0.2) is 9.97 Å². The summed E-state index contributed by atoms with van der Waals surface area (Å²) in [6.07, 6.45) is 3.48. The topological polar surface area (TPSA) is 29.0 Å². The summed E-state index contributed by atoms with van der Waals surface area (Å²) in [5, 5.41) is 0. The fourth-order valence-electron chi connectivity index (χ4n) is 3.86. The molecular formula is C23H24FN3. The van der Waals surface area contributed by atoms with Crippen LogP contribution in [0.3, 0.4) is 0 Å². The molecule has 0 N–H and O–H groups in total. The second-order valence-corrected chi connectivity index (χ2v) is 7.26. The quantitative estimate of drug-likeness (QED) is 0.582. The van der Waals surface area contributed by atoms with Crippen molar-refractivity contribution in [3.63, 3.8) is 0 Å². The minimum atomic E-state index is -0.684. The highest BCUT2D eigenvalue weighted by molar-refractivity contribution is 5.71. The molecule has 2 heterocycles. The summed E-state index contributed by atoms with van der Waals surface area (Å²) >= 11 is 0. The predicted molar refractivity (Wildman–Crippen MR) is 107 cm³/mol. The third-order valence-corrected chi connectivity index (χ3v) is 5.56. The average Bonchev–Trinajstić information content (AvgIpc) is 3.23. The van der Waals surface area contributed by atoms with Gasteiger partial charge in [0.2, 0.25) is 0 Å². The van der Waals surface area contributed by atoms with Crippen molar-refractivity contribution < 1.29 is 4.39 Å². The van der Waals surface area contributed by atoms with E-state index in [0.717, 1.165) is 11.1 Å². The van der Waals surface area contributed by atoms with Crippen molar-refractivity contribution in [2.45, 2.75) is 32.7 Å². The van der Waals surface area contributed by atoms with Gasteiger partial charge in [0.15, 0.2) is 0 Å². The molecule has 0 radical (unpaired) electrons. The normalized spacial score (nSPS) is 15.8. The van der Waals surface area contributed by atoms with E-state index in [9.17, 15) is 4.39 Å². The molecule has 1 aromatic heterocycles. The lowest BCUT2D eigenvalue weighted by Gasteiger charge is -2.24. The molecule has 0 spiro atoms. The van der Waals surface area contributed by atoms with Crippen LogP contribution in [0.4, 0.5) is 4.39 Å². The van der Waals surface area contributed by atoms with Crippen molar-refractivity contribution in [2.24, 2.45) is 0 Å². The van der Waals surface area contributed by atoms with Gasteiger partial charge in [-0.3, -0.25) is 4.90 Å². The molecule has 0 aliphatic carbocycles. The van der Waals surface area contributed by atoms with Crippen molar-refractivity contribution in [1.82, 2.24) is 14.9 Å². The van der Waals surface area contributed by atoms with E-state index in [1.165, 1.54) is 42.6 Å². The first kappa shape index (κ1) is 17.8. The van der Waals surface area contributed by atoms with Gasteiger partial charge in [-0.15, -0.1) is 0 Å². The Hall–Kier alpha value is -2.59. The molecule has 1 aliphatic rings. The first-order chi connectivity index (χ1) is 13.1. The lowest BCUT2D eigenvalue weighted by Crippen LogP contribution is -2.23. The molecular weight excluding hydrogens is 337 g/mol. The summed E-state index contributed by atoms with van der Waals surface area (Å²) in [4.78, 5) is 10.0. The third-order valence-electron chi connectivity index (χ3n) is 5.56. The Morgan fingerprint density at radius 3 is 2.04 bits per heavy atom. The summed E-state index contributed by atoms with van der Waals surface area (Å²) in [7, 11) is 0. The molecule has 1 saturated heterocycles. The van der Waals surface area contributed by atoms with Crippen LogP contribution in [0.5, 0.6) is 0 Å². The van der Waals surface area contributed by atoms with Crippen molar-refractivity contribution in [2.75, 3.05) is 13.1 Å². The Morgan fingerprint density at radius 2 is 1.44 bits per heavy atom. The molecule has 1 fully saturated rings. The van der Waals surface area contributed by atoms with E-state index in [1.54, 1.807) is 13.1 Å². The number of likely N-dealkylation sites (tertiary alicyclic amines) is 1. The van der Waals surface area contributed by atoms with Gasteiger partial charge in [0.25, 0.3) is 0 Å². The van der Waals surface area contributed by atoms with E-state index in [2.05, 4.69) is 58.2 Å². The van der Waals surface area contributed by atoms with Crippen LogP contribution < -0.4 is 0 Å². The van der Waals surface area contributed by atoms with E-state index in [0.29, 0.717) is 11.7 Å². The largest absolute Gasteiger partial charge is 0.308 e. The fraction of sp³-hybridized carbons (Fsp3) is 0.304. The second-order valence-electron chi connectivity index (χ2n) is 7.26. The van der Waals surface area contributed by atoms with E-state index in [1.807, 2.05) is 12.1 Å². The molecule has 4 heteroatoms. The summed E-state index contributed by atoms with van der Waals surface area (Å²) in [6.45, 7) is 6.50. The van der Waals surface area contributed by atoms with Crippen molar-refractivity contribution >= 4 is 0 Å². The molecule has 4 rings (SSSR count). The predicted octanol–water partition coefficient (Wildman–Crippen LogP) is 5.41. The maximum absolute atomic E-state index is 13.1. The molecule has 1 atom stereocenters. The van der Waals surface area contributed by atoms with Crippen LogP contribution >= 0.6 is 0 Å². The van der Waals surface area contributed by atoms with Crippen LogP contribution in [0.25, 0.3) is 22.3 Å². The number of nitrogens with zero attached hydrogens (tertiary/aromatic N) is 3. The maximum Gasteiger partial charge on any atom is 0.308 e. The lowest BCUT2D eigenvalue weighted by atomic mass is 9.98. The SMILES string of the molecule is Cc1nc(F)ncc1-c1ccc(-c2ccc(C(C)N3CCCC3)cc2)cc1. The Kier molecular flexibility index (Phi) is 4.99. The summed E-state index contributed by atoms with van der Waals surface area (Å²) < 4.78 is 13.1. The maximum atomic E-state index is 13.1. The molecule has 2 aromatic carbocycles. The number of hydrogen-bond donors (Lipinski definition) is 0. The van der Waals surface area contributed by atoms with Crippen LogP contribution in [-0.4, -0.2) is 28.0 Å². The summed E-state index contributed by atoms with van der Waals surface area (Å²) in [5.41, 5.74) is 6.24. The van der Waals surface area contributed by atoms with Crippen molar-refractivity contribution in [3.8, 4) is 22.3 Å². The standard InChI is InChI=1S/C23H24FN3/c1-16-22(15-25-23(24)26-16)21-11-9-20(10-12-21)19-7-5-18(6-8-19)17(2)27-13-3-4-14-27/h5-12,15,17H,3-4,13-14H2,1-2H3. The molecule has 1 aliphatic heterocycles.